The summed E-state index contributed by atoms with van der Waals surface area (Å²) in [4.78, 5) is 13.8. The maximum atomic E-state index is 4.77. The van der Waals surface area contributed by atoms with Crippen molar-refractivity contribution in [1.82, 2.24) is 29.3 Å². The molecule has 0 bridgehead atoms. The molecule has 134 valence electrons. The van der Waals surface area contributed by atoms with Gasteiger partial charge < -0.3 is 9.88 Å². The van der Waals surface area contributed by atoms with Crippen molar-refractivity contribution in [1.29, 1.82) is 0 Å². The van der Waals surface area contributed by atoms with Gasteiger partial charge in [0.15, 0.2) is 5.82 Å². The van der Waals surface area contributed by atoms with E-state index in [0.29, 0.717) is 0 Å². The number of aromatic nitrogens is 6. The summed E-state index contributed by atoms with van der Waals surface area (Å²) in [7, 11) is 0. The molecule has 25 heavy (non-hydrogen) atoms. The summed E-state index contributed by atoms with van der Waals surface area (Å²) in [5.74, 6) is 3.08. The Morgan fingerprint density at radius 3 is 2.64 bits per heavy atom. The lowest BCUT2D eigenvalue weighted by Gasteiger charge is -2.12. The van der Waals surface area contributed by atoms with Crippen LogP contribution in [0.25, 0.3) is 11.0 Å². The number of rotatable bonds is 7. The van der Waals surface area contributed by atoms with E-state index in [1.54, 1.807) is 0 Å². The van der Waals surface area contributed by atoms with Crippen molar-refractivity contribution in [2.24, 2.45) is 0 Å². The van der Waals surface area contributed by atoms with Crippen LogP contribution in [0.15, 0.2) is 12.4 Å². The van der Waals surface area contributed by atoms with E-state index in [1.165, 1.54) is 0 Å². The molecule has 0 amide bonds. The molecule has 3 rings (SSSR count). The highest BCUT2D eigenvalue weighted by Crippen LogP contribution is 2.25. The highest BCUT2D eigenvalue weighted by molar-refractivity contribution is 5.87. The quantitative estimate of drug-likeness (QED) is 0.668. The Morgan fingerprint density at radius 2 is 2.00 bits per heavy atom. The highest BCUT2D eigenvalue weighted by Gasteiger charge is 2.17. The second-order valence-electron chi connectivity index (χ2n) is 6.63. The molecule has 3 aromatic rings. The minimum Gasteiger partial charge on any atom is -0.368 e. The van der Waals surface area contributed by atoms with Crippen LogP contribution in [0.1, 0.15) is 50.5 Å². The molecule has 0 aliphatic carbocycles. The fraction of sp³-hybridized carbons (Fsp3) is 0.556. The van der Waals surface area contributed by atoms with E-state index < -0.39 is 0 Å². The van der Waals surface area contributed by atoms with Gasteiger partial charge in [-0.3, -0.25) is 4.68 Å². The normalized spacial score (nSPS) is 11.6. The van der Waals surface area contributed by atoms with E-state index in [-0.39, 0.29) is 5.92 Å². The Morgan fingerprint density at radius 1 is 1.20 bits per heavy atom. The molecule has 0 aliphatic heterocycles. The Hall–Kier alpha value is -2.44. The Labute approximate surface area is 148 Å². The summed E-state index contributed by atoms with van der Waals surface area (Å²) in [5.41, 5.74) is 2.91. The van der Waals surface area contributed by atoms with Gasteiger partial charge in [0.1, 0.15) is 22.7 Å². The van der Waals surface area contributed by atoms with Crippen LogP contribution in [0.2, 0.25) is 0 Å². The van der Waals surface area contributed by atoms with Gasteiger partial charge in [0.25, 0.3) is 0 Å². The Balaban J connectivity index is 1.82. The third-order valence-electron chi connectivity index (χ3n) is 4.38. The van der Waals surface area contributed by atoms with Crippen LogP contribution in [0, 0.1) is 13.8 Å². The van der Waals surface area contributed by atoms with Crippen LogP contribution in [0.5, 0.6) is 0 Å². The number of hydrogen-bond donors (Lipinski definition) is 1. The van der Waals surface area contributed by atoms with Gasteiger partial charge in [0.2, 0.25) is 0 Å². The number of aryl methyl sites for hydroxylation is 4. The molecule has 0 spiro atoms. The van der Waals surface area contributed by atoms with Gasteiger partial charge in [-0.05, 0) is 27.2 Å². The van der Waals surface area contributed by atoms with Crippen LogP contribution < -0.4 is 5.32 Å². The molecule has 0 fully saturated rings. The molecule has 3 heterocycles. The van der Waals surface area contributed by atoms with E-state index in [1.807, 2.05) is 30.9 Å². The van der Waals surface area contributed by atoms with Crippen molar-refractivity contribution in [2.45, 2.75) is 60.0 Å². The lowest BCUT2D eigenvalue weighted by molar-refractivity contribution is 0.640. The van der Waals surface area contributed by atoms with Gasteiger partial charge in [0, 0.05) is 37.9 Å². The van der Waals surface area contributed by atoms with E-state index in [0.717, 1.165) is 60.2 Å². The molecule has 0 saturated heterocycles. The van der Waals surface area contributed by atoms with Gasteiger partial charge >= 0.3 is 0 Å². The fourth-order valence-electron chi connectivity index (χ4n) is 2.95. The molecule has 3 aromatic heterocycles. The van der Waals surface area contributed by atoms with Crippen molar-refractivity contribution in [2.75, 3.05) is 11.9 Å². The van der Waals surface area contributed by atoms with Crippen molar-refractivity contribution in [3.05, 3.63) is 29.7 Å². The van der Waals surface area contributed by atoms with Gasteiger partial charge in [-0.2, -0.15) is 5.10 Å². The first-order valence-corrected chi connectivity index (χ1v) is 8.98. The third-order valence-corrected chi connectivity index (χ3v) is 4.38. The molecule has 0 unspecified atom stereocenters. The van der Waals surface area contributed by atoms with Crippen LogP contribution >= 0.6 is 0 Å². The van der Waals surface area contributed by atoms with Gasteiger partial charge in [-0.15, -0.1) is 0 Å². The fourth-order valence-corrected chi connectivity index (χ4v) is 2.95. The minimum atomic E-state index is 0.280. The summed E-state index contributed by atoms with van der Waals surface area (Å²) in [6, 6.07) is 0. The number of nitrogens with zero attached hydrogens (tertiary/aromatic N) is 6. The maximum Gasteiger partial charge on any atom is 0.156 e. The number of anilines is 1. The number of imidazole rings is 1. The topological polar surface area (TPSA) is 73.5 Å². The predicted octanol–water partition coefficient (Wildman–Crippen LogP) is 3.29. The van der Waals surface area contributed by atoms with Crippen molar-refractivity contribution in [3.8, 4) is 0 Å². The molecular formula is C18H27N7. The average molecular weight is 341 g/mol. The van der Waals surface area contributed by atoms with Crippen molar-refractivity contribution >= 4 is 16.9 Å². The predicted molar refractivity (Wildman–Crippen MR) is 99.9 cm³/mol. The van der Waals surface area contributed by atoms with Crippen LogP contribution in [0.4, 0.5) is 5.82 Å². The molecule has 0 radical (unpaired) electrons. The minimum absolute atomic E-state index is 0.280. The van der Waals surface area contributed by atoms with Crippen LogP contribution in [-0.4, -0.2) is 35.8 Å². The lowest BCUT2D eigenvalue weighted by Crippen LogP contribution is -2.11. The summed E-state index contributed by atoms with van der Waals surface area (Å²) in [6.45, 7) is 13.0. The zero-order valence-corrected chi connectivity index (χ0v) is 15.7. The van der Waals surface area contributed by atoms with E-state index >= 15 is 0 Å². The van der Waals surface area contributed by atoms with E-state index in [4.69, 9.17) is 9.97 Å². The first-order chi connectivity index (χ1) is 12.0. The monoisotopic (exact) mass is 341 g/mol. The number of hydrogen-bond acceptors (Lipinski definition) is 5. The average Bonchev–Trinajstić information content (AvgIpc) is 3.14. The smallest absolute Gasteiger partial charge is 0.156 e. The Kier molecular flexibility index (Phi) is 5.01. The third kappa shape index (κ3) is 3.50. The van der Waals surface area contributed by atoms with Crippen molar-refractivity contribution < 1.29 is 0 Å². The standard InChI is InChI=1S/C18H27N7/c1-6-25-16-15(13(4)23-25)21-17(12(2)3)22-18(16)20-8-7-10-24-11-9-19-14(24)5/h9,11-12H,6-8,10H2,1-5H3,(H,20,21,22). The van der Waals surface area contributed by atoms with Crippen LogP contribution in [-0.2, 0) is 13.1 Å². The van der Waals surface area contributed by atoms with Crippen LogP contribution in [0.3, 0.4) is 0 Å². The summed E-state index contributed by atoms with van der Waals surface area (Å²) in [5, 5.41) is 8.12. The lowest BCUT2D eigenvalue weighted by atomic mass is 10.2. The molecule has 0 atom stereocenters. The van der Waals surface area contributed by atoms with E-state index in [9.17, 15) is 0 Å². The second-order valence-corrected chi connectivity index (χ2v) is 6.63. The summed E-state index contributed by atoms with van der Waals surface area (Å²) >= 11 is 0. The Bertz CT molecular complexity index is 860. The maximum absolute atomic E-state index is 4.77. The van der Waals surface area contributed by atoms with Crippen molar-refractivity contribution in [3.63, 3.8) is 0 Å². The molecule has 7 nitrogen and oxygen atoms in total. The largest absolute Gasteiger partial charge is 0.368 e. The first kappa shape index (κ1) is 17.4. The van der Waals surface area contributed by atoms with E-state index in [2.05, 4.69) is 40.7 Å². The SMILES string of the molecule is CCn1nc(C)c2nc(C(C)C)nc(NCCCn3ccnc3C)c21. The summed E-state index contributed by atoms with van der Waals surface area (Å²) in [6.07, 6.45) is 4.86. The molecular weight excluding hydrogens is 314 g/mol. The second kappa shape index (κ2) is 7.21. The summed E-state index contributed by atoms with van der Waals surface area (Å²) < 4.78 is 4.15. The van der Waals surface area contributed by atoms with Gasteiger partial charge in [-0.1, -0.05) is 13.8 Å². The number of fused-ring (bicyclic) bond motifs is 1. The molecule has 7 heteroatoms. The molecule has 1 N–H and O–H groups in total. The number of nitrogens with one attached hydrogen (secondary N) is 1. The molecule has 0 aliphatic rings. The molecule has 0 saturated carbocycles. The molecule has 0 aromatic carbocycles. The van der Waals surface area contributed by atoms with Gasteiger partial charge in [-0.25, -0.2) is 15.0 Å². The van der Waals surface area contributed by atoms with Gasteiger partial charge in [0.05, 0.1) is 5.69 Å². The zero-order valence-electron chi connectivity index (χ0n) is 15.7. The highest BCUT2D eigenvalue weighted by atomic mass is 15.3. The zero-order chi connectivity index (χ0) is 18.0. The first-order valence-electron chi connectivity index (χ1n) is 8.98.